The zero-order valence-electron chi connectivity index (χ0n) is 12.0. The van der Waals surface area contributed by atoms with E-state index in [0.717, 1.165) is 9.80 Å². The lowest BCUT2D eigenvalue weighted by atomic mass is 9.61. The van der Waals surface area contributed by atoms with Gasteiger partial charge in [-0.15, -0.1) is 0 Å². The molecule has 1 aliphatic carbocycles. The molecule has 12 nitrogen and oxygen atoms in total. The Kier molecular flexibility index (Phi) is 3.39. The van der Waals surface area contributed by atoms with E-state index in [1.807, 2.05) is 10.6 Å². The Morgan fingerprint density at radius 2 is 1.12 bits per heavy atom. The van der Waals surface area contributed by atoms with Gasteiger partial charge in [0.2, 0.25) is 11.8 Å². The van der Waals surface area contributed by atoms with Crippen molar-refractivity contribution < 1.29 is 39.0 Å². The first-order chi connectivity index (χ1) is 11.2. The first-order valence-corrected chi connectivity index (χ1v) is 6.89. The molecule has 3 fully saturated rings. The van der Waals surface area contributed by atoms with E-state index in [-0.39, 0.29) is 0 Å². The number of imide groups is 2. The fourth-order valence-corrected chi connectivity index (χ4v) is 3.54. The van der Waals surface area contributed by atoms with Gasteiger partial charge in [0, 0.05) is 0 Å². The molecule has 1 saturated carbocycles. The molecule has 0 aromatic carbocycles. The predicted molar refractivity (Wildman–Crippen MR) is 70.3 cm³/mol. The van der Waals surface area contributed by atoms with Gasteiger partial charge in [-0.1, -0.05) is 0 Å². The van der Waals surface area contributed by atoms with Crippen LogP contribution < -0.4 is 10.6 Å². The number of aliphatic carboxylic acids is 2. The van der Waals surface area contributed by atoms with E-state index in [1.165, 1.54) is 0 Å². The summed E-state index contributed by atoms with van der Waals surface area (Å²) < 4.78 is 0. The second-order valence-corrected chi connectivity index (χ2v) is 5.66. The van der Waals surface area contributed by atoms with Crippen LogP contribution in [0.5, 0.6) is 0 Å². The van der Waals surface area contributed by atoms with Gasteiger partial charge in [0.25, 0.3) is 0 Å². The zero-order chi connectivity index (χ0) is 17.8. The lowest BCUT2D eigenvalue weighted by Crippen LogP contribution is -2.83. The number of hydrogen-bond acceptors (Lipinski definition) is 6. The molecule has 0 aromatic heterocycles. The number of fused-ring (bicyclic) bond motifs is 4. The molecule has 0 radical (unpaired) electrons. The average molecular weight is 340 g/mol. The molecule has 6 amide bonds. The van der Waals surface area contributed by atoms with E-state index in [2.05, 4.69) is 0 Å². The minimum Gasteiger partial charge on any atom is -0.480 e. The molecule has 0 bridgehead atoms. The number of carboxylic acids is 2. The molecule has 3 rings (SSSR count). The summed E-state index contributed by atoms with van der Waals surface area (Å²) in [5.74, 6) is -6.35. The molecule has 0 atom stereocenters. The van der Waals surface area contributed by atoms with E-state index >= 15 is 0 Å². The number of hydrogen-bond donors (Lipinski definition) is 4. The molecule has 0 aromatic rings. The number of amides is 6. The summed E-state index contributed by atoms with van der Waals surface area (Å²) in [4.78, 5) is 71.4. The average Bonchev–Trinajstić information content (AvgIpc) is 2.40. The molecule has 12 heteroatoms. The zero-order valence-corrected chi connectivity index (χ0v) is 12.0. The van der Waals surface area contributed by atoms with Crippen LogP contribution in [0.4, 0.5) is 9.59 Å². The number of urea groups is 2. The maximum atomic E-state index is 12.1. The molecule has 128 valence electrons. The number of nitrogens with zero attached hydrogens (tertiary/aromatic N) is 2. The fourth-order valence-electron chi connectivity index (χ4n) is 3.54. The van der Waals surface area contributed by atoms with Gasteiger partial charge in [0.15, 0.2) is 0 Å². The van der Waals surface area contributed by atoms with Crippen molar-refractivity contribution in [2.24, 2.45) is 11.8 Å². The lowest BCUT2D eigenvalue weighted by molar-refractivity contribution is -0.166. The Labute approximate surface area is 133 Å². The Balaban J connectivity index is 1.96. The third-order valence-electron chi connectivity index (χ3n) is 4.39. The second-order valence-electron chi connectivity index (χ2n) is 5.66. The third-order valence-corrected chi connectivity index (χ3v) is 4.39. The van der Waals surface area contributed by atoms with Crippen LogP contribution >= 0.6 is 0 Å². The van der Waals surface area contributed by atoms with Gasteiger partial charge in [-0.25, -0.2) is 9.59 Å². The maximum Gasteiger partial charge on any atom is 0.324 e. The standard InChI is InChI=1S/C12H12N4O8/c17-3(18)1-15-7-5(9(21)13-11(15)23)8-6(7)10(22)14-12(24)16(8)2-4(19)20/h5-8H,1-2H2,(H,17,18)(H,19,20)(H,13,21,23)(H,14,22,24). The summed E-state index contributed by atoms with van der Waals surface area (Å²) in [6.45, 7) is -1.46. The molecule has 0 unspecified atom stereocenters. The lowest BCUT2D eigenvalue weighted by Gasteiger charge is -2.60. The maximum absolute atomic E-state index is 12.1. The van der Waals surface area contributed by atoms with E-state index in [4.69, 9.17) is 10.2 Å². The van der Waals surface area contributed by atoms with Crippen LogP contribution in [0.15, 0.2) is 0 Å². The van der Waals surface area contributed by atoms with E-state index in [9.17, 15) is 28.8 Å². The molecule has 24 heavy (non-hydrogen) atoms. The SMILES string of the molecule is O=C(O)CN1C(=O)NC(=O)C2C1C1C(=O)NC(=O)N(CC(=O)O)C21. The van der Waals surface area contributed by atoms with Crippen LogP contribution in [0.2, 0.25) is 0 Å². The van der Waals surface area contributed by atoms with Gasteiger partial charge in [0.05, 0.1) is 23.9 Å². The van der Waals surface area contributed by atoms with Gasteiger partial charge < -0.3 is 20.0 Å². The number of carbonyl (C=O) groups is 6. The van der Waals surface area contributed by atoms with Crippen molar-refractivity contribution in [2.45, 2.75) is 12.1 Å². The summed E-state index contributed by atoms with van der Waals surface area (Å²) in [7, 11) is 0. The monoisotopic (exact) mass is 340 g/mol. The van der Waals surface area contributed by atoms with Crippen LogP contribution in [0.1, 0.15) is 0 Å². The Bertz CT molecular complexity index is 625. The van der Waals surface area contributed by atoms with Gasteiger partial charge in [-0.2, -0.15) is 0 Å². The van der Waals surface area contributed by atoms with Crippen LogP contribution in [0.25, 0.3) is 0 Å². The topological polar surface area (TPSA) is 173 Å². The summed E-state index contributed by atoms with van der Waals surface area (Å²) in [6, 6.07) is -3.98. The van der Waals surface area contributed by atoms with Crippen molar-refractivity contribution in [3.05, 3.63) is 0 Å². The number of nitrogens with one attached hydrogen (secondary N) is 2. The third kappa shape index (κ3) is 2.14. The van der Waals surface area contributed by atoms with Gasteiger partial charge in [0.1, 0.15) is 13.1 Å². The normalized spacial score (nSPS) is 31.5. The Hall–Kier alpha value is -3.18. The van der Waals surface area contributed by atoms with Crippen molar-refractivity contribution in [3.63, 3.8) is 0 Å². The van der Waals surface area contributed by atoms with Gasteiger partial charge in [-0.3, -0.25) is 29.8 Å². The molecule has 2 saturated heterocycles. The fraction of sp³-hybridized carbons (Fsp3) is 0.500. The molecule has 2 aliphatic heterocycles. The first-order valence-electron chi connectivity index (χ1n) is 6.89. The Morgan fingerprint density at radius 1 is 0.792 bits per heavy atom. The number of carbonyl (C=O) groups excluding carboxylic acids is 4. The second kappa shape index (κ2) is 5.18. The smallest absolute Gasteiger partial charge is 0.324 e. The number of rotatable bonds is 4. The highest BCUT2D eigenvalue weighted by atomic mass is 16.4. The van der Waals surface area contributed by atoms with Crippen molar-refractivity contribution >= 4 is 35.8 Å². The van der Waals surface area contributed by atoms with E-state index in [0.29, 0.717) is 0 Å². The van der Waals surface area contributed by atoms with Crippen LogP contribution in [-0.4, -0.2) is 81.0 Å². The van der Waals surface area contributed by atoms with Crippen molar-refractivity contribution in [3.8, 4) is 0 Å². The highest BCUT2D eigenvalue weighted by molar-refractivity contribution is 6.07. The summed E-state index contributed by atoms with van der Waals surface area (Å²) >= 11 is 0. The summed E-state index contributed by atoms with van der Waals surface area (Å²) in [5, 5.41) is 21.7. The van der Waals surface area contributed by atoms with Gasteiger partial charge in [-0.05, 0) is 0 Å². The van der Waals surface area contributed by atoms with Crippen LogP contribution in [0, 0.1) is 11.8 Å². The summed E-state index contributed by atoms with van der Waals surface area (Å²) in [5.41, 5.74) is 0. The van der Waals surface area contributed by atoms with Crippen molar-refractivity contribution in [1.29, 1.82) is 0 Å². The minimum absolute atomic E-state index is 0.732. The highest BCUT2D eigenvalue weighted by Gasteiger charge is 2.67. The van der Waals surface area contributed by atoms with E-state index in [1.54, 1.807) is 0 Å². The quantitative estimate of drug-likeness (QED) is 0.426. The largest absolute Gasteiger partial charge is 0.480 e. The van der Waals surface area contributed by atoms with Crippen LogP contribution in [0.3, 0.4) is 0 Å². The first kappa shape index (κ1) is 15.7. The molecule has 4 N–H and O–H groups in total. The molecule has 2 heterocycles. The predicted octanol–water partition coefficient (Wildman–Crippen LogP) is -2.76. The van der Waals surface area contributed by atoms with Crippen molar-refractivity contribution in [1.82, 2.24) is 20.4 Å². The van der Waals surface area contributed by atoms with Crippen molar-refractivity contribution in [2.75, 3.05) is 13.1 Å². The number of carboxylic acid groups (broad SMARTS) is 2. The molecule has 0 spiro atoms. The molecular weight excluding hydrogens is 328 g/mol. The van der Waals surface area contributed by atoms with E-state index < -0.39 is 72.8 Å². The summed E-state index contributed by atoms with van der Waals surface area (Å²) in [6.07, 6.45) is 0. The van der Waals surface area contributed by atoms with Crippen LogP contribution in [-0.2, 0) is 19.2 Å². The molecular formula is C12H12N4O8. The molecule has 3 aliphatic rings. The Morgan fingerprint density at radius 3 is 1.42 bits per heavy atom. The highest BCUT2D eigenvalue weighted by Crippen LogP contribution is 2.45. The van der Waals surface area contributed by atoms with Gasteiger partial charge >= 0.3 is 24.0 Å². The minimum atomic E-state index is -1.34.